The van der Waals surface area contributed by atoms with Crippen LogP contribution in [0.3, 0.4) is 0 Å². The van der Waals surface area contributed by atoms with Crippen LogP contribution in [0.25, 0.3) is 10.9 Å². The van der Waals surface area contributed by atoms with E-state index in [1.807, 2.05) is 12.1 Å². The summed E-state index contributed by atoms with van der Waals surface area (Å²) in [5.41, 5.74) is 2.44. The molecule has 2 aromatic rings. The molecule has 0 unspecified atom stereocenters. The number of carbonyl (C=O) groups excluding carboxylic acids is 1. The van der Waals surface area contributed by atoms with E-state index < -0.39 is 0 Å². The van der Waals surface area contributed by atoms with Crippen LogP contribution in [0.15, 0.2) is 24.4 Å². The number of halogens is 1. The van der Waals surface area contributed by atoms with Crippen molar-refractivity contribution in [3.8, 4) is 0 Å². The van der Waals surface area contributed by atoms with E-state index in [2.05, 4.69) is 27.9 Å². The summed E-state index contributed by atoms with van der Waals surface area (Å²) in [7, 11) is 0. The second-order valence-electron chi connectivity index (χ2n) is 7.33. The van der Waals surface area contributed by atoms with Crippen LogP contribution in [-0.4, -0.2) is 23.6 Å². The van der Waals surface area contributed by atoms with Gasteiger partial charge in [-0.15, -0.1) is 0 Å². The molecule has 1 heterocycles. The monoisotopic (exact) mass is 345 g/mol. The van der Waals surface area contributed by atoms with Crippen LogP contribution in [-0.2, 0) is 5.41 Å². The van der Waals surface area contributed by atoms with Gasteiger partial charge < -0.3 is 15.6 Å². The van der Waals surface area contributed by atoms with Crippen molar-refractivity contribution in [2.45, 2.75) is 56.4 Å². The number of carbonyl (C=O) groups is 1. The summed E-state index contributed by atoms with van der Waals surface area (Å²) < 4.78 is 0. The zero-order valence-corrected chi connectivity index (χ0v) is 14.6. The van der Waals surface area contributed by atoms with Gasteiger partial charge in [-0.1, -0.05) is 36.9 Å². The Morgan fingerprint density at radius 1 is 1.25 bits per heavy atom. The number of amides is 2. The molecule has 128 valence electrons. The number of fused-ring (bicyclic) bond motifs is 1. The minimum atomic E-state index is -0.0175. The number of hydrogen-bond acceptors (Lipinski definition) is 1. The molecule has 0 atom stereocenters. The lowest BCUT2D eigenvalue weighted by molar-refractivity contribution is 0.231. The summed E-state index contributed by atoms with van der Waals surface area (Å²) >= 11 is 6.07. The smallest absolute Gasteiger partial charge is 0.315 e. The Hall–Kier alpha value is -1.68. The maximum Gasteiger partial charge on any atom is 0.315 e. The maximum atomic E-state index is 12.2. The zero-order valence-electron chi connectivity index (χ0n) is 13.8. The number of benzene rings is 1. The second kappa shape index (κ2) is 6.32. The highest BCUT2D eigenvalue weighted by atomic mass is 35.5. The molecular weight excluding hydrogens is 322 g/mol. The Bertz CT molecular complexity index is 744. The van der Waals surface area contributed by atoms with Crippen LogP contribution in [0.2, 0.25) is 5.02 Å². The minimum absolute atomic E-state index is 0.0175. The van der Waals surface area contributed by atoms with Crippen LogP contribution in [0.5, 0.6) is 0 Å². The predicted molar refractivity (Wildman–Crippen MR) is 97.6 cm³/mol. The van der Waals surface area contributed by atoms with Crippen LogP contribution in [0.4, 0.5) is 4.79 Å². The number of hydrogen-bond donors (Lipinski definition) is 3. The van der Waals surface area contributed by atoms with Crippen molar-refractivity contribution < 1.29 is 4.79 Å². The first-order valence-corrected chi connectivity index (χ1v) is 9.36. The Morgan fingerprint density at radius 3 is 2.79 bits per heavy atom. The molecule has 5 heteroatoms. The van der Waals surface area contributed by atoms with Gasteiger partial charge in [0.25, 0.3) is 0 Å². The van der Waals surface area contributed by atoms with Gasteiger partial charge in [0.2, 0.25) is 0 Å². The van der Waals surface area contributed by atoms with Gasteiger partial charge in [-0.2, -0.15) is 0 Å². The van der Waals surface area contributed by atoms with Gasteiger partial charge in [-0.05, 0) is 43.4 Å². The van der Waals surface area contributed by atoms with E-state index in [9.17, 15) is 4.79 Å². The van der Waals surface area contributed by atoms with Crippen LogP contribution < -0.4 is 10.6 Å². The molecule has 0 bridgehead atoms. The summed E-state index contributed by atoms with van der Waals surface area (Å²) in [5.74, 6) is 0. The second-order valence-corrected chi connectivity index (χ2v) is 7.77. The Kier molecular flexibility index (Phi) is 4.17. The van der Waals surface area contributed by atoms with E-state index in [4.69, 9.17) is 11.6 Å². The van der Waals surface area contributed by atoms with Gasteiger partial charge in [0.1, 0.15) is 0 Å². The average molecular weight is 346 g/mol. The van der Waals surface area contributed by atoms with Crippen molar-refractivity contribution in [2.75, 3.05) is 6.54 Å². The van der Waals surface area contributed by atoms with Gasteiger partial charge in [-0.3, -0.25) is 0 Å². The highest BCUT2D eigenvalue weighted by molar-refractivity contribution is 6.31. The van der Waals surface area contributed by atoms with Gasteiger partial charge in [0, 0.05) is 40.1 Å². The van der Waals surface area contributed by atoms with E-state index in [1.165, 1.54) is 30.2 Å². The topological polar surface area (TPSA) is 56.9 Å². The summed E-state index contributed by atoms with van der Waals surface area (Å²) in [5, 5.41) is 8.20. The number of aromatic amines is 1. The number of rotatable bonds is 4. The van der Waals surface area contributed by atoms with Crippen LogP contribution in [0, 0.1) is 0 Å². The normalized spacial score (nSPS) is 20.0. The fraction of sp³-hybridized carbons (Fsp3) is 0.526. The van der Waals surface area contributed by atoms with Gasteiger partial charge in [0.15, 0.2) is 0 Å². The number of nitrogens with one attached hydrogen (secondary N) is 3. The van der Waals surface area contributed by atoms with Crippen molar-refractivity contribution in [1.82, 2.24) is 15.6 Å². The fourth-order valence-corrected chi connectivity index (χ4v) is 4.13. The lowest BCUT2D eigenvalue weighted by atomic mass is 9.95. The van der Waals surface area contributed by atoms with E-state index in [0.29, 0.717) is 12.6 Å². The average Bonchev–Trinajstić information content (AvgIpc) is 3.26. The molecule has 2 aliphatic carbocycles. The Morgan fingerprint density at radius 2 is 2.04 bits per heavy atom. The van der Waals surface area contributed by atoms with Crippen molar-refractivity contribution in [1.29, 1.82) is 0 Å². The van der Waals surface area contributed by atoms with E-state index in [-0.39, 0.29) is 11.4 Å². The molecule has 2 amide bonds. The molecular formula is C19H24ClN3O. The first kappa shape index (κ1) is 15.8. The summed E-state index contributed by atoms with van der Waals surface area (Å²) in [6.45, 7) is 0.696. The molecule has 0 radical (unpaired) electrons. The summed E-state index contributed by atoms with van der Waals surface area (Å²) in [4.78, 5) is 15.5. The SMILES string of the molecule is O=C(NCC1(c2c[nH]c3cc(Cl)ccc23)CC1)NC1CCCCC1. The minimum Gasteiger partial charge on any atom is -0.361 e. The van der Waals surface area contributed by atoms with Gasteiger partial charge in [-0.25, -0.2) is 4.79 Å². The summed E-state index contributed by atoms with van der Waals surface area (Å²) in [6.07, 6.45) is 10.3. The molecule has 1 aromatic heterocycles. The molecule has 1 aromatic carbocycles. The van der Waals surface area contributed by atoms with Crippen molar-refractivity contribution in [2.24, 2.45) is 0 Å². The van der Waals surface area contributed by atoms with Gasteiger partial charge >= 0.3 is 6.03 Å². The molecule has 4 rings (SSSR count). The third kappa shape index (κ3) is 3.12. The Labute approximate surface area is 147 Å². The number of H-pyrrole nitrogens is 1. The zero-order chi connectivity index (χ0) is 16.6. The highest BCUT2D eigenvalue weighted by Crippen LogP contribution is 2.50. The Balaban J connectivity index is 1.41. The molecule has 0 saturated heterocycles. The van der Waals surface area contributed by atoms with E-state index >= 15 is 0 Å². The lowest BCUT2D eigenvalue weighted by Gasteiger charge is -2.24. The molecule has 0 aliphatic heterocycles. The van der Waals surface area contributed by atoms with E-state index in [1.54, 1.807) is 0 Å². The van der Waals surface area contributed by atoms with Crippen molar-refractivity contribution in [3.05, 3.63) is 35.0 Å². The van der Waals surface area contributed by atoms with Crippen LogP contribution >= 0.6 is 11.6 Å². The molecule has 24 heavy (non-hydrogen) atoms. The van der Waals surface area contributed by atoms with E-state index in [0.717, 1.165) is 36.2 Å². The quantitative estimate of drug-likeness (QED) is 0.751. The predicted octanol–water partition coefficient (Wildman–Crippen LogP) is 4.48. The van der Waals surface area contributed by atoms with Gasteiger partial charge in [0.05, 0.1) is 0 Å². The third-order valence-electron chi connectivity index (χ3n) is 5.60. The molecule has 0 spiro atoms. The molecule has 2 saturated carbocycles. The maximum absolute atomic E-state index is 12.2. The first-order valence-electron chi connectivity index (χ1n) is 8.98. The lowest BCUT2D eigenvalue weighted by Crippen LogP contribution is -2.45. The fourth-order valence-electron chi connectivity index (χ4n) is 3.96. The number of aromatic nitrogens is 1. The van der Waals surface area contributed by atoms with Crippen molar-refractivity contribution in [3.63, 3.8) is 0 Å². The standard InChI is InChI=1S/C19H24ClN3O/c20-13-6-7-15-16(11-21-17(15)10-13)19(8-9-19)12-22-18(24)23-14-4-2-1-3-5-14/h6-7,10-11,14,21H,1-5,8-9,12H2,(H2,22,23,24). The third-order valence-corrected chi connectivity index (χ3v) is 5.83. The number of urea groups is 1. The van der Waals surface area contributed by atoms with Crippen LogP contribution in [0.1, 0.15) is 50.5 Å². The molecule has 3 N–H and O–H groups in total. The highest BCUT2D eigenvalue weighted by Gasteiger charge is 2.45. The molecule has 2 aliphatic rings. The first-order chi connectivity index (χ1) is 11.7. The molecule has 2 fully saturated rings. The van der Waals surface area contributed by atoms with Crippen molar-refractivity contribution >= 4 is 28.5 Å². The largest absolute Gasteiger partial charge is 0.361 e. The summed E-state index contributed by atoms with van der Waals surface area (Å²) in [6, 6.07) is 6.30. The molecule has 4 nitrogen and oxygen atoms in total.